The van der Waals surface area contributed by atoms with Gasteiger partial charge in [0.1, 0.15) is 29.5 Å². The van der Waals surface area contributed by atoms with Crippen LogP contribution in [0.15, 0.2) is 30.4 Å². The molecule has 2 saturated heterocycles. The first-order valence-electron chi connectivity index (χ1n) is 23.3. The van der Waals surface area contributed by atoms with Crippen molar-refractivity contribution in [3.63, 3.8) is 0 Å². The summed E-state index contributed by atoms with van der Waals surface area (Å²) in [5.74, 6) is -4.38. The van der Waals surface area contributed by atoms with Crippen molar-refractivity contribution in [3.05, 3.63) is 41.6 Å². The Balaban J connectivity index is 1.12. The molecule has 1 spiro atoms. The molecule has 0 bridgehead atoms. The first-order valence-corrected chi connectivity index (χ1v) is 24.8. The quantitative estimate of drug-likeness (QED) is 0.222. The van der Waals surface area contributed by atoms with E-state index in [2.05, 4.69) is 19.9 Å². The van der Waals surface area contributed by atoms with Crippen molar-refractivity contribution in [1.29, 1.82) is 0 Å². The average molecular weight is 946 g/mol. The molecular formula is C47H62F3N5O10S. The van der Waals surface area contributed by atoms with Crippen LogP contribution >= 0.6 is 0 Å². The van der Waals surface area contributed by atoms with E-state index in [0.717, 1.165) is 19.5 Å². The Hall–Kier alpha value is -4.49. The fourth-order valence-electron chi connectivity index (χ4n) is 9.60. The lowest BCUT2D eigenvalue weighted by Gasteiger charge is -2.37. The number of carbonyl (C=O) groups excluding carboxylic acids is 4. The number of fused-ring (bicyclic) bond motifs is 5. The van der Waals surface area contributed by atoms with Crippen molar-refractivity contribution in [1.82, 2.24) is 24.8 Å². The molecule has 5 heterocycles. The third kappa shape index (κ3) is 10.3. The molecule has 1 aromatic heterocycles. The Morgan fingerprint density at radius 3 is 2.52 bits per heavy atom. The lowest BCUT2D eigenvalue weighted by atomic mass is 9.87. The van der Waals surface area contributed by atoms with Crippen LogP contribution in [0.5, 0.6) is 11.5 Å². The highest BCUT2D eigenvalue weighted by Gasteiger charge is 2.64. The number of alkyl halides is 3. The number of aromatic nitrogens is 1. The van der Waals surface area contributed by atoms with E-state index in [0.29, 0.717) is 69.6 Å². The van der Waals surface area contributed by atoms with Gasteiger partial charge in [0.05, 0.1) is 43.0 Å². The summed E-state index contributed by atoms with van der Waals surface area (Å²) in [6.45, 7) is 10.8. The minimum absolute atomic E-state index is 0.0728. The predicted molar refractivity (Wildman–Crippen MR) is 236 cm³/mol. The van der Waals surface area contributed by atoms with Gasteiger partial charge in [-0.1, -0.05) is 45.8 Å². The van der Waals surface area contributed by atoms with Gasteiger partial charge in [0, 0.05) is 48.8 Å². The zero-order chi connectivity index (χ0) is 47.3. The van der Waals surface area contributed by atoms with Crippen LogP contribution in [-0.4, -0.2) is 121 Å². The Morgan fingerprint density at radius 2 is 1.80 bits per heavy atom. The molecule has 1 aromatic carbocycles. The topological polar surface area (TPSA) is 183 Å². The Labute approximate surface area is 383 Å². The fourth-order valence-corrected chi connectivity index (χ4v) is 10.9. The highest BCUT2D eigenvalue weighted by atomic mass is 32.2. The number of nitrogens with zero attached hydrogens (tertiary/aromatic N) is 3. The van der Waals surface area contributed by atoms with Crippen LogP contribution in [0.2, 0.25) is 0 Å². The molecular weight excluding hydrogens is 884 g/mol. The Bertz CT molecular complexity index is 2360. The summed E-state index contributed by atoms with van der Waals surface area (Å²) in [5.41, 5.74) is -4.40. The molecule has 6 aliphatic rings. The molecule has 19 heteroatoms. The van der Waals surface area contributed by atoms with E-state index < -0.39 is 85.1 Å². The van der Waals surface area contributed by atoms with Gasteiger partial charge in [0.15, 0.2) is 11.4 Å². The van der Waals surface area contributed by atoms with E-state index in [1.807, 2.05) is 26.8 Å². The normalized spacial score (nSPS) is 28.7. The number of pyridine rings is 1. The summed E-state index contributed by atoms with van der Waals surface area (Å²) >= 11 is 0. The third-order valence-corrected chi connectivity index (χ3v) is 16.2. The molecule has 2 N–H and O–H groups in total. The van der Waals surface area contributed by atoms with Gasteiger partial charge in [-0.25, -0.2) is 13.4 Å². The number of carbonyl (C=O) groups is 4. The van der Waals surface area contributed by atoms with Gasteiger partial charge in [-0.2, -0.15) is 13.2 Å². The summed E-state index contributed by atoms with van der Waals surface area (Å²) in [5, 5.41) is 3.26. The van der Waals surface area contributed by atoms with Crippen LogP contribution in [0, 0.1) is 17.3 Å². The number of halogens is 3. The standard InChI is InChI=1S/C47H62F3N5O10S/c1-43(2,3)29-64-37(56)24-30-10-8-6-5-7-9-11-31-26-46(31,42(59)53-66(60,61)44(4)16-17-44)52-40(57)36-27-45(28-55(36)41(30)58)15-14-33-34-25-32(63-23-20-54-18-21-62-22-19-54)12-13-35(34)51-39(38(33)65-45)47(48,49)50/h9,11-13,25,30-31,36H,5-8,10,14-24,26-29H2,1-4H3,(H,52,57)(H,53,59)/b11-9-/t30-,31-,36+,45-,46-/m1/s1. The van der Waals surface area contributed by atoms with E-state index in [1.165, 1.54) is 11.0 Å². The monoisotopic (exact) mass is 945 g/mol. The van der Waals surface area contributed by atoms with Crippen molar-refractivity contribution in [2.45, 2.75) is 133 Å². The number of allylic oxidation sites excluding steroid dienone is 1. The first-order chi connectivity index (χ1) is 31.1. The molecule has 2 saturated carbocycles. The number of benzene rings is 1. The van der Waals surface area contributed by atoms with Crippen LogP contribution in [0.4, 0.5) is 13.2 Å². The van der Waals surface area contributed by atoms with Crippen molar-refractivity contribution >= 4 is 44.6 Å². The van der Waals surface area contributed by atoms with Crippen molar-refractivity contribution in [2.24, 2.45) is 17.3 Å². The molecule has 0 radical (unpaired) electrons. The van der Waals surface area contributed by atoms with Crippen LogP contribution < -0.4 is 19.5 Å². The van der Waals surface area contributed by atoms with E-state index in [9.17, 15) is 27.6 Å². The van der Waals surface area contributed by atoms with Gasteiger partial charge >= 0.3 is 12.1 Å². The predicted octanol–water partition coefficient (Wildman–Crippen LogP) is 5.62. The second-order valence-electron chi connectivity index (χ2n) is 20.6. The van der Waals surface area contributed by atoms with Gasteiger partial charge < -0.3 is 29.2 Å². The highest BCUT2D eigenvalue weighted by molar-refractivity contribution is 7.91. The molecule has 4 aliphatic heterocycles. The van der Waals surface area contributed by atoms with Gasteiger partial charge in [0.25, 0.3) is 5.91 Å². The molecule has 15 nitrogen and oxygen atoms in total. The van der Waals surface area contributed by atoms with E-state index in [1.54, 1.807) is 25.1 Å². The number of nitrogens with one attached hydrogen (secondary N) is 2. The minimum atomic E-state index is -4.94. The summed E-state index contributed by atoms with van der Waals surface area (Å²) < 4.78 is 96.4. The number of amides is 3. The number of hydrogen-bond acceptors (Lipinski definition) is 12. The Morgan fingerprint density at radius 1 is 1.05 bits per heavy atom. The SMILES string of the molecule is CC(C)(C)COC(=O)C[C@H]1CCCCC/C=C\[C@@H]2C[C@@]2(C(=O)NS(=O)(=O)C2(C)CC2)NC(=O)[C@@H]2C[C@]3(CCc4c(c(C(F)(F)F)nc5ccc(OCCN6CCOCC6)cc45)O3)CN2C1=O. The summed E-state index contributed by atoms with van der Waals surface area (Å²) in [4.78, 5) is 64.7. The number of morpholine rings is 1. The molecule has 5 atom stereocenters. The van der Waals surface area contributed by atoms with Crippen molar-refractivity contribution in [3.8, 4) is 11.5 Å². The summed E-state index contributed by atoms with van der Waals surface area (Å²) in [6, 6.07) is 3.38. The summed E-state index contributed by atoms with van der Waals surface area (Å²) in [6.07, 6.45) is 2.16. The van der Waals surface area contributed by atoms with Crippen LogP contribution in [0.25, 0.3) is 10.9 Å². The molecule has 2 aliphatic carbocycles. The van der Waals surface area contributed by atoms with E-state index >= 15 is 13.2 Å². The maximum absolute atomic E-state index is 15.0. The van der Waals surface area contributed by atoms with Gasteiger partial charge in [-0.15, -0.1) is 0 Å². The molecule has 4 fully saturated rings. The number of esters is 1. The van der Waals surface area contributed by atoms with Gasteiger partial charge in [-0.3, -0.25) is 28.8 Å². The summed E-state index contributed by atoms with van der Waals surface area (Å²) in [7, 11) is -4.10. The zero-order valence-electron chi connectivity index (χ0n) is 38.2. The second-order valence-corrected chi connectivity index (χ2v) is 22.8. The average Bonchev–Trinajstić information content (AvgIpc) is 4.15. The maximum Gasteiger partial charge on any atom is 0.437 e. The van der Waals surface area contributed by atoms with Crippen LogP contribution in [-0.2, 0) is 51.3 Å². The number of rotatable bonds is 10. The first kappa shape index (κ1) is 48.0. The number of ether oxygens (including phenoxy) is 4. The Kier molecular flexibility index (Phi) is 13.2. The molecule has 362 valence electrons. The molecule has 3 amide bonds. The van der Waals surface area contributed by atoms with Crippen molar-refractivity contribution < 1.29 is 59.7 Å². The minimum Gasteiger partial charge on any atom is -0.492 e. The second kappa shape index (κ2) is 18.2. The smallest absolute Gasteiger partial charge is 0.437 e. The lowest BCUT2D eigenvalue weighted by Crippen LogP contribution is -2.57. The fraction of sp³-hybridized carbons (Fsp3) is 0.681. The third-order valence-electron chi connectivity index (χ3n) is 14.0. The largest absolute Gasteiger partial charge is 0.492 e. The molecule has 2 aromatic rings. The van der Waals surface area contributed by atoms with Crippen molar-refractivity contribution in [2.75, 3.05) is 52.6 Å². The van der Waals surface area contributed by atoms with Crippen LogP contribution in [0.3, 0.4) is 0 Å². The maximum atomic E-state index is 15.0. The number of sulfonamides is 1. The molecule has 66 heavy (non-hydrogen) atoms. The number of aryl methyl sites for hydroxylation is 1. The molecule has 0 unspecified atom stereocenters. The van der Waals surface area contributed by atoms with E-state index in [-0.39, 0.29) is 68.2 Å². The van der Waals surface area contributed by atoms with Crippen LogP contribution in [0.1, 0.15) is 110 Å². The highest BCUT2D eigenvalue weighted by Crippen LogP contribution is 2.51. The van der Waals surface area contributed by atoms with Gasteiger partial charge in [-0.05, 0) is 81.9 Å². The van der Waals surface area contributed by atoms with E-state index in [4.69, 9.17) is 18.9 Å². The number of hydrogen-bond donors (Lipinski definition) is 2. The zero-order valence-corrected chi connectivity index (χ0v) is 39.0. The lowest BCUT2D eigenvalue weighted by molar-refractivity contribution is -0.152. The molecule has 8 rings (SSSR count). The van der Waals surface area contributed by atoms with Gasteiger partial charge in [0.2, 0.25) is 21.8 Å².